The molecule has 1 aromatic rings. The lowest BCUT2D eigenvalue weighted by Crippen LogP contribution is -2.34. The third-order valence-corrected chi connectivity index (χ3v) is 3.56. The van der Waals surface area contributed by atoms with Crippen molar-refractivity contribution in [1.82, 2.24) is 5.32 Å². The highest BCUT2D eigenvalue weighted by molar-refractivity contribution is 7.80. The summed E-state index contributed by atoms with van der Waals surface area (Å²) in [7, 11) is 0. The van der Waals surface area contributed by atoms with Gasteiger partial charge in [0, 0.05) is 24.9 Å². The standard InChI is InChI=1S/C16H24N2O3S/c1-3-19-14-8-7-12(10-15(14)20-4-2)18-16(22)17-11-13-6-5-9-21-13/h7-8,10,13H,3-6,9,11H2,1-2H3,(H2,17,18,22)/t13-/m0/s1. The lowest BCUT2D eigenvalue weighted by molar-refractivity contribution is 0.114. The first-order valence-corrected chi connectivity index (χ1v) is 8.19. The molecule has 122 valence electrons. The van der Waals surface area contributed by atoms with Crippen LogP contribution in [0.25, 0.3) is 0 Å². The van der Waals surface area contributed by atoms with Crippen molar-refractivity contribution in [1.29, 1.82) is 0 Å². The van der Waals surface area contributed by atoms with Gasteiger partial charge in [0.2, 0.25) is 0 Å². The fraction of sp³-hybridized carbons (Fsp3) is 0.562. The summed E-state index contributed by atoms with van der Waals surface area (Å²) in [6, 6.07) is 5.71. The predicted octanol–water partition coefficient (Wildman–Crippen LogP) is 2.95. The Bertz CT molecular complexity index is 490. The highest BCUT2D eigenvalue weighted by Crippen LogP contribution is 2.30. The number of rotatable bonds is 7. The predicted molar refractivity (Wildman–Crippen MR) is 92.0 cm³/mol. The smallest absolute Gasteiger partial charge is 0.170 e. The van der Waals surface area contributed by atoms with Crippen molar-refractivity contribution in [3.8, 4) is 11.5 Å². The Morgan fingerprint density at radius 2 is 2.05 bits per heavy atom. The lowest BCUT2D eigenvalue weighted by Gasteiger charge is -2.16. The van der Waals surface area contributed by atoms with Crippen LogP contribution in [0.4, 0.5) is 5.69 Å². The van der Waals surface area contributed by atoms with E-state index in [1.807, 2.05) is 32.0 Å². The molecule has 1 aliphatic rings. The molecule has 0 saturated carbocycles. The zero-order chi connectivity index (χ0) is 15.8. The van der Waals surface area contributed by atoms with Crippen LogP contribution < -0.4 is 20.1 Å². The molecule has 2 N–H and O–H groups in total. The molecule has 0 spiro atoms. The fourth-order valence-electron chi connectivity index (χ4n) is 2.32. The van der Waals surface area contributed by atoms with Gasteiger partial charge in [0.25, 0.3) is 0 Å². The van der Waals surface area contributed by atoms with Crippen LogP contribution in [0.2, 0.25) is 0 Å². The van der Waals surface area contributed by atoms with Crippen molar-refractivity contribution < 1.29 is 14.2 Å². The quantitative estimate of drug-likeness (QED) is 0.752. The maximum Gasteiger partial charge on any atom is 0.170 e. The second-order valence-corrected chi connectivity index (χ2v) is 5.41. The molecular formula is C16H24N2O3S. The van der Waals surface area contributed by atoms with Gasteiger partial charge < -0.3 is 24.8 Å². The number of hydrogen-bond donors (Lipinski definition) is 2. The number of thiocarbonyl (C=S) groups is 1. The van der Waals surface area contributed by atoms with E-state index in [1.165, 1.54) is 0 Å². The summed E-state index contributed by atoms with van der Waals surface area (Å²) in [6.07, 6.45) is 2.48. The molecule has 0 aromatic heterocycles. The Labute approximate surface area is 137 Å². The van der Waals surface area contributed by atoms with Crippen molar-refractivity contribution in [2.24, 2.45) is 0 Å². The molecule has 0 radical (unpaired) electrons. The van der Waals surface area contributed by atoms with Crippen molar-refractivity contribution in [3.05, 3.63) is 18.2 Å². The maximum atomic E-state index is 5.60. The second-order valence-electron chi connectivity index (χ2n) is 5.00. The molecule has 5 nitrogen and oxygen atoms in total. The highest BCUT2D eigenvalue weighted by atomic mass is 32.1. The molecular weight excluding hydrogens is 300 g/mol. The molecule has 0 unspecified atom stereocenters. The molecule has 1 aromatic carbocycles. The summed E-state index contributed by atoms with van der Waals surface area (Å²) in [5, 5.41) is 6.94. The molecule has 1 saturated heterocycles. The van der Waals surface area contributed by atoms with E-state index >= 15 is 0 Å². The number of anilines is 1. The van der Waals surface area contributed by atoms with Crippen LogP contribution in [0.1, 0.15) is 26.7 Å². The largest absolute Gasteiger partial charge is 0.490 e. The van der Waals surface area contributed by atoms with E-state index in [-0.39, 0.29) is 6.10 Å². The van der Waals surface area contributed by atoms with E-state index in [9.17, 15) is 0 Å². The molecule has 0 aliphatic carbocycles. The van der Waals surface area contributed by atoms with E-state index in [4.69, 9.17) is 26.4 Å². The third kappa shape index (κ3) is 5.03. The average Bonchev–Trinajstić information content (AvgIpc) is 3.02. The summed E-state index contributed by atoms with van der Waals surface area (Å²) >= 11 is 5.31. The van der Waals surface area contributed by atoms with Crippen molar-refractivity contribution >= 4 is 23.0 Å². The zero-order valence-electron chi connectivity index (χ0n) is 13.2. The molecule has 1 aliphatic heterocycles. The molecule has 6 heteroatoms. The number of hydrogen-bond acceptors (Lipinski definition) is 4. The Balaban J connectivity index is 1.90. The van der Waals surface area contributed by atoms with Crippen LogP contribution in [0.3, 0.4) is 0 Å². The Morgan fingerprint density at radius 3 is 2.73 bits per heavy atom. The van der Waals surface area contributed by atoms with Gasteiger partial charge in [-0.15, -0.1) is 0 Å². The van der Waals surface area contributed by atoms with Gasteiger partial charge in [0.1, 0.15) is 0 Å². The van der Waals surface area contributed by atoms with Gasteiger partial charge in [0.05, 0.1) is 19.3 Å². The van der Waals surface area contributed by atoms with E-state index in [2.05, 4.69) is 10.6 Å². The molecule has 1 fully saturated rings. The van der Waals surface area contributed by atoms with Crippen molar-refractivity contribution in [2.75, 3.05) is 31.7 Å². The van der Waals surface area contributed by atoms with Gasteiger partial charge in [-0.25, -0.2) is 0 Å². The molecule has 2 rings (SSSR count). The monoisotopic (exact) mass is 324 g/mol. The minimum atomic E-state index is 0.263. The molecule has 1 heterocycles. The first-order chi connectivity index (χ1) is 10.7. The lowest BCUT2D eigenvalue weighted by atomic mass is 10.2. The van der Waals surface area contributed by atoms with Gasteiger partial charge in [-0.2, -0.15) is 0 Å². The summed E-state index contributed by atoms with van der Waals surface area (Å²) in [4.78, 5) is 0. The minimum Gasteiger partial charge on any atom is -0.490 e. The Morgan fingerprint density at radius 1 is 1.27 bits per heavy atom. The SMILES string of the molecule is CCOc1ccc(NC(=S)NC[C@@H]2CCCO2)cc1OCC. The minimum absolute atomic E-state index is 0.263. The summed E-state index contributed by atoms with van der Waals surface area (Å²) in [5.74, 6) is 1.46. The summed E-state index contributed by atoms with van der Waals surface area (Å²) in [6.45, 7) is 6.68. The van der Waals surface area contributed by atoms with Crippen molar-refractivity contribution in [3.63, 3.8) is 0 Å². The zero-order valence-corrected chi connectivity index (χ0v) is 14.0. The van der Waals surface area contributed by atoms with E-state index < -0.39 is 0 Å². The number of nitrogens with one attached hydrogen (secondary N) is 2. The van der Waals surface area contributed by atoms with Gasteiger partial charge in [0.15, 0.2) is 16.6 Å². The van der Waals surface area contributed by atoms with E-state index in [0.29, 0.717) is 18.3 Å². The van der Waals surface area contributed by atoms with E-state index in [0.717, 1.165) is 43.2 Å². The number of ether oxygens (including phenoxy) is 3. The van der Waals surface area contributed by atoms with Crippen LogP contribution in [0.5, 0.6) is 11.5 Å². The van der Waals surface area contributed by atoms with Gasteiger partial charge in [-0.05, 0) is 51.0 Å². The van der Waals surface area contributed by atoms with Crippen LogP contribution in [-0.2, 0) is 4.74 Å². The topological polar surface area (TPSA) is 51.8 Å². The first kappa shape index (κ1) is 16.8. The van der Waals surface area contributed by atoms with Crippen LogP contribution in [-0.4, -0.2) is 37.6 Å². The normalized spacial score (nSPS) is 17.1. The number of benzene rings is 1. The molecule has 0 bridgehead atoms. The summed E-state index contributed by atoms with van der Waals surface area (Å²) in [5.41, 5.74) is 0.872. The third-order valence-electron chi connectivity index (χ3n) is 3.32. The van der Waals surface area contributed by atoms with E-state index in [1.54, 1.807) is 0 Å². The van der Waals surface area contributed by atoms with Crippen LogP contribution in [0.15, 0.2) is 18.2 Å². The average molecular weight is 324 g/mol. The first-order valence-electron chi connectivity index (χ1n) is 7.79. The van der Waals surface area contributed by atoms with Gasteiger partial charge >= 0.3 is 0 Å². The fourth-order valence-corrected chi connectivity index (χ4v) is 2.52. The van der Waals surface area contributed by atoms with Crippen molar-refractivity contribution in [2.45, 2.75) is 32.8 Å². The van der Waals surface area contributed by atoms with Crippen LogP contribution >= 0.6 is 12.2 Å². The van der Waals surface area contributed by atoms with Crippen LogP contribution in [0, 0.1) is 0 Å². The van der Waals surface area contributed by atoms with Gasteiger partial charge in [-0.1, -0.05) is 0 Å². The Hall–Kier alpha value is -1.53. The highest BCUT2D eigenvalue weighted by Gasteiger charge is 2.15. The molecule has 1 atom stereocenters. The van der Waals surface area contributed by atoms with Gasteiger partial charge in [-0.3, -0.25) is 0 Å². The molecule has 0 amide bonds. The Kier molecular flexibility index (Phi) is 6.74. The summed E-state index contributed by atoms with van der Waals surface area (Å²) < 4.78 is 16.7. The molecule has 22 heavy (non-hydrogen) atoms. The second kappa shape index (κ2) is 8.80. The maximum absolute atomic E-state index is 5.60.